The predicted octanol–water partition coefficient (Wildman–Crippen LogP) is 1.08. The zero-order valence-corrected chi connectivity index (χ0v) is 10.3. The highest BCUT2D eigenvalue weighted by Crippen LogP contribution is 2.12. The topological polar surface area (TPSA) is 40.5 Å². The summed E-state index contributed by atoms with van der Waals surface area (Å²) in [5, 5.41) is 17.8. The summed E-state index contributed by atoms with van der Waals surface area (Å²) in [6, 6.07) is 8.05. The molecule has 0 bridgehead atoms. The summed E-state index contributed by atoms with van der Waals surface area (Å²) < 4.78 is 0. The van der Waals surface area contributed by atoms with Gasteiger partial charge in [0, 0.05) is 10.5 Å². The Morgan fingerprint density at radius 3 is 2.00 bits per heavy atom. The lowest BCUT2D eigenvalue weighted by atomic mass is 10.2. The van der Waals surface area contributed by atoms with Crippen LogP contribution in [-0.2, 0) is 16.6 Å². The molecular formula is C11H17O2S2+. The average Bonchev–Trinajstić information content (AvgIpc) is 2.22. The predicted molar refractivity (Wildman–Crippen MR) is 68.7 cm³/mol. The van der Waals surface area contributed by atoms with Gasteiger partial charge in [0.2, 0.25) is 0 Å². The highest BCUT2D eigenvalue weighted by atomic mass is 32.2. The van der Waals surface area contributed by atoms with Gasteiger partial charge in [0.15, 0.2) is 0 Å². The second kappa shape index (κ2) is 7.17. The van der Waals surface area contributed by atoms with Gasteiger partial charge < -0.3 is 10.2 Å². The van der Waals surface area contributed by atoms with Crippen LogP contribution in [-0.4, -0.2) is 34.9 Å². The standard InChI is InChI=1S/C11H16O2S2/c12-5-7-15(8-6-13)9-10-1-3-11(14)4-2-10/h1-4,12-13H,5-9H2/p+1. The molecule has 1 aromatic carbocycles. The number of benzene rings is 1. The van der Waals surface area contributed by atoms with E-state index in [0.717, 1.165) is 22.2 Å². The molecule has 1 rings (SSSR count). The van der Waals surface area contributed by atoms with Gasteiger partial charge >= 0.3 is 0 Å². The number of hydrogen-bond donors (Lipinski definition) is 3. The Balaban J connectivity index is 2.53. The SMILES string of the molecule is OCC[S+](CCO)Cc1ccc(S)cc1. The van der Waals surface area contributed by atoms with E-state index >= 15 is 0 Å². The first-order valence-corrected chi connectivity index (χ1v) is 7.08. The Morgan fingerprint density at radius 2 is 1.53 bits per heavy atom. The number of rotatable bonds is 6. The molecule has 0 amide bonds. The van der Waals surface area contributed by atoms with Crippen molar-refractivity contribution in [1.29, 1.82) is 0 Å². The summed E-state index contributed by atoms with van der Waals surface area (Å²) >= 11 is 4.23. The van der Waals surface area contributed by atoms with Crippen LogP contribution in [0.2, 0.25) is 0 Å². The van der Waals surface area contributed by atoms with Crippen molar-refractivity contribution < 1.29 is 10.2 Å². The fourth-order valence-corrected chi connectivity index (χ4v) is 3.15. The van der Waals surface area contributed by atoms with E-state index in [-0.39, 0.29) is 24.1 Å². The second-order valence-electron chi connectivity index (χ2n) is 3.28. The van der Waals surface area contributed by atoms with Crippen LogP contribution >= 0.6 is 12.6 Å². The van der Waals surface area contributed by atoms with Crippen LogP contribution < -0.4 is 0 Å². The summed E-state index contributed by atoms with van der Waals surface area (Å²) in [5.74, 6) is 2.50. The van der Waals surface area contributed by atoms with Crippen LogP contribution in [0.4, 0.5) is 0 Å². The van der Waals surface area contributed by atoms with E-state index in [1.54, 1.807) is 0 Å². The Hall–Kier alpha value is -0.160. The zero-order chi connectivity index (χ0) is 11.1. The molecule has 0 aromatic heterocycles. The number of aliphatic hydroxyl groups excluding tert-OH is 2. The van der Waals surface area contributed by atoms with E-state index in [0.29, 0.717) is 0 Å². The second-order valence-corrected chi connectivity index (χ2v) is 6.12. The molecule has 84 valence electrons. The van der Waals surface area contributed by atoms with Crippen LogP contribution in [0, 0.1) is 0 Å². The van der Waals surface area contributed by atoms with Gasteiger partial charge in [-0.25, -0.2) is 0 Å². The van der Waals surface area contributed by atoms with Crippen LogP contribution in [0.5, 0.6) is 0 Å². The Labute approximate surface area is 99.1 Å². The summed E-state index contributed by atoms with van der Waals surface area (Å²) in [5.41, 5.74) is 1.25. The summed E-state index contributed by atoms with van der Waals surface area (Å²) in [6.45, 7) is 0.404. The van der Waals surface area contributed by atoms with Gasteiger partial charge in [0.1, 0.15) is 17.3 Å². The van der Waals surface area contributed by atoms with Gasteiger partial charge in [0.05, 0.1) is 13.2 Å². The monoisotopic (exact) mass is 245 g/mol. The smallest absolute Gasteiger partial charge is 0.133 e. The fourth-order valence-electron chi connectivity index (χ4n) is 1.33. The molecule has 0 aliphatic heterocycles. The van der Waals surface area contributed by atoms with E-state index in [2.05, 4.69) is 24.8 Å². The molecule has 0 saturated heterocycles. The molecule has 0 saturated carbocycles. The van der Waals surface area contributed by atoms with Crippen LogP contribution in [0.3, 0.4) is 0 Å². The van der Waals surface area contributed by atoms with Gasteiger partial charge in [-0.05, 0) is 23.0 Å². The lowest BCUT2D eigenvalue weighted by molar-refractivity contribution is 0.316. The highest BCUT2D eigenvalue weighted by Gasteiger charge is 2.17. The van der Waals surface area contributed by atoms with Crippen molar-refractivity contribution >= 4 is 23.5 Å². The molecule has 0 spiro atoms. The van der Waals surface area contributed by atoms with Crippen molar-refractivity contribution in [3.8, 4) is 0 Å². The van der Waals surface area contributed by atoms with Crippen molar-refractivity contribution in [3.63, 3.8) is 0 Å². The highest BCUT2D eigenvalue weighted by molar-refractivity contribution is 7.96. The number of hydrogen-bond acceptors (Lipinski definition) is 3. The first-order valence-electron chi connectivity index (χ1n) is 4.90. The summed E-state index contributed by atoms with van der Waals surface area (Å²) in [4.78, 5) is 0.961. The van der Waals surface area contributed by atoms with Gasteiger partial charge in [0.25, 0.3) is 0 Å². The lowest BCUT2D eigenvalue weighted by Crippen LogP contribution is -2.19. The minimum atomic E-state index is 0.0929. The molecule has 0 aliphatic carbocycles. The Bertz CT molecular complexity index is 268. The number of thiol groups is 1. The molecule has 1 aromatic rings. The van der Waals surface area contributed by atoms with Gasteiger partial charge in [-0.15, -0.1) is 12.6 Å². The minimum Gasteiger partial charge on any atom is -0.391 e. The number of aliphatic hydroxyl groups is 2. The van der Waals surface area contributed by atoms with Gasteiger partial charge in [-0.2, -0.15) is 0 Å². The molecule has 2 N–H and O–H groups in total. The van der Waals surface area contributed by atoms with Crippen molar-refractivity contribution in [2.24, 2.45) is 0 Å². The molecule has 0 fully saturated rings. The minimum absolute atomic E-state index is 0.0929. The van der Waals surface area contributed by atoms with E-state index in [1.807, 2.05) is 12.1 Å². The Morgan fingerprint density at radius 1 is 1.00 bits per heavy atom. The first-order chi connectivity index (χ1) is 7.26. The normalized spacial score (nSPS) is 10.9. The van der Waals surface area contributed by atoms with E-state index in [9.17, 15) is 0 Å². The van der Waals surface area contributed by atoms with Crippen molar-refractivity contribution in [3.05, 3.63) is 29.8 Å². The largest absolute Gasteiger partial charge is 0.391 e. The lowest BCUT2D eigenvalue weighted by Gasteiger charge is -2.06. The molecule has 4 heteroatoms. The maximum atomic E-state index is 8.90. The summed E-state index contributed by atoms with van der Waals surface area (Å²) in [7, 11) is 0.0929. The quantitative estimate of drug-likeness (QED) is 0.518. The van der Waals surface area contributed by atoms with Crippen LogP contribution in [0.25, 0.3) is 0 Å². The van der Waals surface area contributed by atoms with E-state index in [4.69, 9.17) is 10.2 Å². The van der Waals surface area contributed by atoms with Crippen molar-refractivity contribution in [2.75, 3.05) is 24.7 Å². The van der Waals surface area contributed by atoms with Crippen molar-refractivity contribution in [2.45, 2.75) is 10.6 Å². The molecule has 0 radical (unpaired) electrons. The average molecular weight is 245 g/mol. The van der Waals surface area contributed by atoms with E-state index in [1.165, 1.54) is 5.56 Å². The van der Waals surface area contributed by atoms with Gasteiger partial charge in [-0.1, -0.05) is 12.1 Å². The van der Waals surface area contributed by atoms with Crippen LogP contribution in [0.15, 0.2) is 29.2 Å². The molecule has 0 aliphatic rings. The van der Waals surface area contributed by atoms with Crippen molar-refractivity contribution in [1.82, 2.24) is 0 Å². The molecular weight excluding hydrogens is 228 g/mol. The third-order valence-corrected chi connectivity index (χ3v) is 4.63. The third-order valence-electron chi connectivity index (χ3n) is 2.07. The molecule has 0 atom stereocenters. The van der Waals surface area contributed by atoms with Gasteiger partial charge in [-0.3, -0.25) is 0 Å². The molecule has 15 heavy (non-hydrogen) atoms. The maximum absolute atomic E-state index is 8.90. The fraction of sp³-hybridized carbons (Fsp3) is 0.455. The first kappa shape index (κ1) is 12.9. The third kappa shape index (κ3) is 4.93. The van der Waals surface area contributed by atoms with E-state index < -0.39 is 0 Å². The molecule has 0 unspecified atom stereocenters. The van der Waals surface area contributed by atoms with Crippen LogP contribution in [0.1, 0.15) is 5.56 Å². The Kier molecular flexibility index (Phi) is 6.17. The summed E-state index contributed by atoms with van der Waals surface area (Å²) in [6.07, 6.45) is 0. The molecule has 2 nitrogen and oxygen atoms in total. The maximum Gasteiger partial charge on any atom is 0.133 e. The zero-order valence-electron chi connectivity index (χ0n) is 8.59. The molecule has 0 heterocycles.